The Morgan fingerprint density at radius 1 is 1.69 bits per heavy atom. The quantitative estimate of drug-likeness (QED) is 0.571. The number of nitrogens with zero attached hydrogens (tertiary/aromatic N) is 2. The molecule has 2 N–H and O–H groups in total. The van der Waals surface area contributed by atoms with Gasteiger partial charge in [-0.05, 0) is 0 Å². The first-order valence-corrected chi connectivity index (χ1v) is 3.99. The van der Waals surface area contributed by atoms with Crippen molar-refractivity contribution in [3.63, 3.8) is 0 Å². The van der Waals surface area contributed by atoms with E-state index < -0.39 is 0 Å². The number of hydrogen-bond acceptors (Lipinski definition) is 5. The molecule has 72 valence electrons. The highest BCUT2D eigenvalue weighted by molar-refractivity contribution is 5.77. The van der Waals surface area contributed by atoms with Gasteiger partial charge in [-0.1, -0.05) is 5.16 Å². The lowest BCUT2D eigenvalue weighted by molar-refractivity contribution is -0.119. The maximum atomic E-state index is 10.7. The summed E-state index contributed by atoms with van der Waals surface area (Å²) in [5.41, 5.74) is 0. The van der Waals surface area contributed by atoms with Crippen LogP contribution in [0.3, 0.4) is 0 Å². The van der Waals surface area contributed by atoms with Gasteiger partial charge in [0.1, 0.15) is 0 Å². The van der Waals surface area contributed by atoms with Crippen molar-refractivity contribution in [2.45, 2.75) is 6.42 Å². The number of rotatable bonds is 5. The normalized spacial score (nSPS) is 9.92. The Hall–Kier alpha value is -1.43. The predicted octanol–water partition coefficient (Wildman–Crippen LogP) is -1.05. The topological polar surface area (TPSA) is 80.0 Å². The van der Waals surface area contributed by atoms with Crippen LogP contribution in [0.15, 0.2) is 10.9 Å². The minimum Gasteiger partial charge on any atom is -0.358 e. The maximum Gasteiger partial charge on any atom is 0.233 e. The highest BCUT2D eigenvalue weighted by Gasteiger charge is 1.99. The Bertz CT molecular complexity index is 247. The van der Waals surface area contributed by atoms with Gasteiger partial charge in [0.15, 0.2) is 5.82 Å². The van der Waals surface area contributed by atoms with E-state index in [1.54, 1.807) is 7.05 Å². The summed E-state index contributed by atoms with van der Waals surface area (Å²) >= 11 is 0. The van der Waals surface area contributed by atoms with Gasteiger partial charge in [-0.2, -0.15) is 4.98 Å². The third-order valence-corrected chi connectivity index (χ3v) is 1.50. The summed E-state index contributed by atoms with van der Waals surface area (Å²) in [4.78, 5) is 14.6. The third kappa shape index (κ3) is 3.66. The molecule has 0 bridgehead atoms. The lowest BCUT2D eigenvalue weighted by Gasteiger charge is -2.00. The standard InChI is InChI=1S/C7H12N4O2/c1-8-7(12)4-9-3-2-6-10-5-13-11-6/h5,9H,2-4H2,1H3,(H,8,12). The molecule has 1 aromatic rings. The van der Waals surface area contributed by atoms with Crippen LogP contribution in [0.5, 0.6) is 0 Å². The van der Waals surface area contributed by atoms with Crippen LogP contribution in [0.25, 0.3) is 0 Å². The lowest BCUT2D eigenvalue weighted by atomic mass is 10.4. The SMILES string of the molecule is CNC(=O)CNCCc1ncon1. The van der Waals surface area contributed by atoms with Crippen molar-refractivity contribution >= 4 is 5.91 Å². The van der Waals surface area contributed by atoms with Crippen LogP contribution in [0.2, 0.25) is 0 Å². The molecule has 1 rings (SSSR count). The number of amides is 1. The van der Waals surface area contributed by atoms with Gasteiger partial charge in [0, 0.05) is 20.0 Å². The zero-order chi connectivity index (χ0) is 9.52. The molecule has 0 aliphatic rings. The van der Waals surface area contributed by atoms with Crippen LogP contribution < -0.4 is 10.6 Å². The van der Waals surface area contributed by atoms with Gasteiger partial charge in [-0.15, -0.1) is 0 Å². The minimum absolute atomic E-state index is 0.0342. The van der Waals surface area contributed by atoms with Crippen LogP contribution in [0.1, 0.15) is 5.82 Å². The van der Waals surface area contributed by atoms with E-state index in [-0.39, 0.29) is 5.91 Å². The largest absolute Gasteiger partial charge is 0.358 e. The Morgan fingerprint density at radius 3 is 3.15 bits per heavy atom. The highest BCUT2D eigenvalue weighted by atomic mass is 16.5. The predicted molar refractivity (Wildman–Crippen MR) is 44.9 cm³/mol. The first-order chi connectivity index (χ1) is 6.33. The van der Waals surface area contributed by atoms with Crippen molar-refractivity contribution in [3.8, 4) is 0 Å². The summed E-state index contributed by atoms with van der Waals surface area (Å²) in [6.07, 6.45) is 1.95. The van der Waals surface area contributed by atoms with Gasteiger partial charge in [0.25, 0.3) is 0 Å². The first-order valence-electron chi connectivity index (χ1n) is 3.99. The van der Waals surface area contributed by atoms with Crippen molar-refractivity contribution in [1.82, 2.24) is 20.8 Å². The molecule has 0 unspecified atom stereocenters. The van der Waals surface area contributed by atoms with Gasteiger partial charge in [-0.3, -0.25) is 4.79 Å². The molecule has 0 spiro atoms. The Morgan fingerprint density at radius 2 is 2.54 bits per heavy atom. The van der Waals surface area contributed by atoms with Crippen molar-refractivity contribution in [2.24, 2.45) is 0 Å². The summed E-state index contributed by atoms with van der Waals surface area (Å²) in [6, 6.07) is 0. The molecule has 1 amide bonds. The molecule has 0 aromatic carbocycles. The van der Waals surface area contributed by atoms with E-state index in [1.807, 2.05) is 0 Å². The fourth-order valence-corrected chi connectivity index (χ4v) is 0.793. The van der Waals surface area contributed by atoms with E-state index in [0.29, 0.717) is 25.3 Å². The van der Waals surface area contributed by atoms with Crippen LogP contribution in [0.4, 0.5) is 0 Å². The van der Waals surface area contributed by atoms with Gasteiger partial charge >= 0.3 is 0 Å². The van der Waals surface area contributed by atoms with E-state index in [2.05, 4.69) is 25.3 Å². The average Bonchev–Trinajstić information content (AvgIpc) is 2.64. The summed E-state index contributed by atoms with van der Waals surface area (Å²) in [5, 5.41) is 9.07. The molecular weight excluding hydrogens is 172 g/mol. The van der Waals surface area contributed by atoms with Crippen LogP contribution in [0, 0.1) is 0 Å². The minimum atomic E-state index is -0.0342. The van der Waals surface area contributed by atoms with Gasteiger partial charge in [0.05, 0.1) is 6.54 Å². The van der Waals surface area contributed by atoms with Crippen LogP contribution in [-0.4, -0.2) is 36.2 Å². The second kappa shape index (κ2) is 5.26. The fourth-order valence-electron chi connectivity index (χ4n) is 0.793. The molecule has 13 heavy (non-hydrogen) atoms. The zero-order valence-electron chi connectivity index (χ0n) is 7.41. The number of carbonyl (C=O) groups is 1. The van der Waals surface area contributed by atoms with E-state index in [1.165, 1.54) is 6.39 Å². The molecule has 6 nitrogen and oxygen atoms in total. The van der Waals surface area contributed by atoms with E-state index in [4.69, 9.17) is 0 Å². The van der Waals surface area contributed by atoms with Crippen LogP contribution >= 0.6 is 0 Å². The highest BCUT2D eigenvalue weighted by Crippen LogP contribution is 1.87. The molecule has 0 atom stereocenters. The van der Waals surface area contributed by atoms with Gasteiger partial charge < -0.3 is 15.2 Å². The molecule has 0 saturated carbocycles. The summed E-state index contributed by atoms with van der Waals surface area (Å²) in [5.74, 6) is 0.609. The number of carbonyl (C=O) groups excluding carboxylic acids is 1. The van der Waals surface area contributed by atoms with Gasteiger partial charge in [0.2, 0.25) is 12.3 Å². The summed E-state index contributed by atoms with van der Waals surface area (Å²) in [7, 11) is 1.60. The van der Waals surface area contributed by atoms with Crippen molar-refractivity contribution in [3.05, 3.63) is 12.2 Å². The smallest absolute Gasteiger partial charge is 0.233 e. The second-order valence-corrected chi connectivity index (χ2v) is 2.45. The number of likely N-dealkylation sites (N-methyl/N-ethyl adjacent to an activating group) is 1. The maximum absolute atomic E-state index is 10.7. The second-order valence-electron chi connectivity index (χ2n) is 2.45. The number of nitrogens with one attached hydrogen (secondary N) is 2. The summed E-state index contributed by atoms with van der Waals surface area (Å²) in [6.45, 7) is 0.974. The van der Waals surface area contributed by atoms with Gasteiger partial charge in [-0.25, -0.2) is 0 Å². The molecule has 0 radical (unpaired) electrons. The van der Waals surface area contributed by atoms with Crippen molar-refractivity contribution in [2.75, 3.05) is 20.1 Å². The van der Waals surface area contributed by atoms with E-state index in [9.17, 15) is 4.79 Å². The molecular formula is C7H12N4O2. The van der Waals surface area contributed by atoms with Crippen LogP contribution in [-0.2, 0) is 11.2 Å². The number of hydrogen-bond donors (Lipinski definition) is 2. The Labute approximate surface area is 75.7 Å². The molecule has 1 aromatic heterocycles. The average molecular weight is 184 g/mol. The van der Waals surface area contributed by atoms with E-state index in [0.717, 1.165) is 0 Å². The van der Waals surface area contributed by atoms with Crippen molar-refractivity contribution in [1.29, 1.82) is 0 Å². The number of aromatic nitrogens is 2. The lowest BCUT2D eigenvalue weighted by Crippen LogP contribution is -2.32. The monoisotopic (exact) mass is 184 g/mol. The van der Waals surface area contributed by atoms with Crippen molar-refractivity contribution < 1.29 is 9.32 Å². The Balaban J connectivity index is 2.05. The molecule has 0 aliphatic heterocycles. The zero-order valence-corrected chi connectivity index (χ0v) is 7.41. The van der Waals surface area contributed by atoms with E-state index >= 15 is 0 Å². The molecule has 0 saturated heterocycles. The molecule has 1 heterocycles. The Kier molecular flexibility index (Phi) is 3.90. The third-order valence-electron chi connectivity index (χ3n) is 1.50. The first kappa shape index (κ1) is 9.66. The molecule has 0 fully saturated rings. The summed E-state index contributed by atoms with van der Waals surface area (Å²) < 4.78 is 4.55. The molecule has 6 heteroatoms. The fraction of sp³-hybridized carbons (Fsp3) is 0.571. The molecule has 0 aliphatic carbocycles.